The number of guanidine groups is 1. The number of nitrogens with zero attached hydrogens (tertiary/aromatic N) is 3. The van der Waals surface area contributed by atoms with Crippen molar-refractivity contribution in [2.24, 2.45) is 10.4 Å². The van der Waals surface area contributed by atoms with E-state index in [-0.39, 0.29) is 5.91 Å². The van der Waals surface area contributed by atoms with Crippen molar-refractivity contribution < 1.29 is 9.53 Å². The Bertz CT molecular complexity index is 619. The lowest BCUT2D eigenvalue weighted by molar-refractivity contribution is -0.128. The summed E-state index contributed by atoms with van der Waals surface area (Å²) in [5.74, 6) is 1.73. The lowest BCUT2D eigenvalue weighted by atomic mass is 9.92. The van der Waals surface area contributed by atoms with Crippen LogP contribution in [-0.4, -0.2) is 70.7 Å². The van der Waals surface area contributed by atoms with Crippen LogP contribution in [0, 0.1) is 5.41 Å². The number of nitrogens with one attached hydrogen (secondary N) is 2. The molecule has 1 heterocycles. The fraction of sp³-hybridized carbons (Fsp3) is 0.579. The zero-order chi connectivity index (χ0) is 19.2. The van der Waals surface area contributed by atoms with Crippen LogP contribution in [0.2, 0.25) is 0 Å². The van der Waals surface area contributed by atoms with Gasteiger partial charge in [0.05, 0.1) is 12.5 Å². The van der Waals surface area contributed by atoms with Crippen LogP contribution in [0.25, 0.3) is 0 Å². The molecule has 0 aromatic heterocycles. The number of rotatable bonds is 5. The molecule has 0 saturated carbocycles. The van der Waals surface area contributed by atoms with Crippen molar-refractivity contribution in [1.82, 2.24) is 15.5 Å². The molecule has 0 bridgehead atoms. The summed E-state index contributed by atoms with van der Waals surface area (Å²) in [6.45, 7) is 8.00. The zero-order valence-electron chi connectivity index (χ0n) is 16.5. The number of piperazine rings is 1. The van der Waals surface area contributed by atoms with Crippen LogP contribution in [0.5, 0.6) is 5.75 Å². The van der Waals surface area contributed by atoms with E-state index in [4.69, 9.17) is 4.74 Å². The van der Waals surface area contributed by atoms with E-state index < -0.39 is 5.41 Å². The first-order valence-electron chi connectivity index (χ1n) is 8.98. The van der Waals surface area contributed by atoms with Crippen LogP contribution in [0.3, 0.4) is 0 Å². The normalized spacial score (nSPS) is 15.7. The summed E-state index contributed by atoms with van der Waals surface area (Å²) in [4.78, 5) is 20.9. The number of hydrogen-bond acceptors (Lipinski definition) is 4. The van der Waals surface area contributed by atoms with E-state index in [1.165, 1.54) is 5.69 Å². The Labute approximate surface area is 156 Å². The van der Waals surface area contributed by atoms with Gasteiger partial charge in [0.1, 0.15) is 5.75 Å². The van der Waals surface area contributed by atoms with E-state index in [0.717, 1.165) is 37.9 Å². The minimum Gasteiger partial charge on any atom is -0.497 e. The predicted octanol–water partition coefficient (Wildman–Crippen LogP) is 1.16. The second-order valence-corrected chi connectivity index (χ2v) is 7.04. The van der Waals surface area contributed by atoms with Crippen LogP contribution >= 0.6 is 0 Å². The third-order valence-electron chi connectivity index (χ3n) is 4.76. The Morgan fingerprint density at radius 2 is 1.81 bits per heavy atom. The third-order valence-corrected chi connectivity index (χ3v) is 4.76. The number of ether oxygens (including phenoxy) is 1. The standard InChI is InChI=1S/C19H31N5O2/c1-19(2,17(25)20-3)14-22-18(21-4)24-12-10-23(11-13-24)15-6-8-16(26-5)9-7-15/h6-9H,10-14H2,1-5H3,(H,20,25)(H,21,22). The molecule has 1 aromatic carbocycles. The molecule has 2 rings (SSSR count). The van der Waals surface area contributed by atoms with Crippen molar-refractivity contribution in [1.29, 1.82) is 0 Å². The first-order chi connectivity index (χ1) is 12.4. The fourth-order valence-corrected chi connectivity index (χ4v) is 3.02. The van der Waals surface area contributed by atoms with Crippen molar-refractivity contribution in [2.75, 3.05) is 58.8 Å². The molecule has 144 valence electrons. The summed E-state index contributed by atoms with van der Waals surface area (Å²) in [5, 5.41) is 6.05. The summed E-state index contributed by atoms with van der Waals surface area (Å²) in [7, 11) is 5.13. The molecule has 0 spiro atoms. The molecule has 1 aromatic rings. The Morgan fingerprint density at radius 3 is 2.31 bits per heavy atom. The zero-order valence-corrected chi connectivity index (χ0v) is 16.5. The van der Waals surface area contributed by atoms with Gasteiger partial charge in [-0.15, -0.1) is 0 Å². The maximum absolute atomic E-state index is 11.9. The quantitative estimate of drug-likeness (QED) is 0.609. The second kappa shape index (κ2) is 8.78. The van der Waals surface area contributed by atoms with Crippen molar-refractivity contribution in [2.45, 2.75) is 13.8 Å². The molecule has 26 heavy (non-hydrogen) atoms. The van der Waals surface area contributed by atoms with Crippen molar-refractivity contribution in [3.8, 4) is 5.75 Å². The number of anilines is 1. The summed E-state index contributed by atoms with van der Waals surface area (Å²) in [6.07, 6.45) is 0. The smallest absolute Gasteiger partial charge is 0.227 e. The molecular formula is C19H31N5O2. The maximum Gasteiger partial charge on any atom is 0.227 e. The van der Waals surface area contributed by atoms with E-state index in [9.17, 15) is 4.79 Å². The first-order valence-corrected chi connectivity index (χ1v) is 8.98. The average Bonchev–Trinajstić information content (AvgIpc) is 2.68. The van der Waals surface area contributed by atoms with E-state index in [1.807, 2.05) is 26.0 Å². The van der Waals surface area contributed by atoms with E-state index in [0.29, 0.717) is 6.54 Å². The minimum absolute atomic E-state index is 0.0183. The van der Waals surface area contributed by atoms with Gasteiger partial charge in [-0.1, -0.05) is 0 Å². The molecule has 1 fully saturated rings. The molecule has 7 heteroatoms. The highest BCUT2D eigenvalue weighted by molar-refractivity contribution is 5.84. The third kappa shape index (κ3) is 4.80. The highest BCUT2D eigenvalue weighted by Crippen LogP contribution is 2.20. The number of amides is 1. The number of aliphatic imine (C=N–C) groups is 1. The van der Waals surface area contributed by atoms with Gasteiger partial charge in [0.25, 0.3) is 0 Å². The maximum atomic E-state index is 11.9. The average molecular weight is 361 g/mol. The Hall–Kier alpha value is -2.44. The summed E-state index contributed by atoms with van der Waals surface area (Å²) >= 11 is 0. The van der Waals surface area contributed by atoms with Gasteiger partial charge in [-0.05, 0) is 38.1 Å². The molecule has 0 atom stereocenters. The van der Waals surface area contributed by atoms with Crippen LogP contribution in [0.15, 0.2) is 29.3 Å². The second-order valence-electron chi connectivity index (χ2n) is 7.04. The Balaban J connectivity index is 1.89. The lowest BCUT2D eigenvalue weighted by Gasteiger charge is -2.38. The van der Waals surface area contributed by atoms with Gasteiger partial charge >= 0.3 is 0 Å². The number of carbonyl (C=O) groups is 1. The SMILES string of the molecule is CN=C(NCC(C)(C)C(=O)NC)N1CCN(c2ccc(OC)cc2)CC1. The molecule has 1 amide bonds. The Morgan fingerprint density at radius 1 is 1.19 bits per heavy atom. The molecule has 1 aliphatic rings. The van der Waals surface area contributed by atoms with Crippen molar-refractivity contribution in [3.63, 3.8) is 0 Å². The molecule has 1 saturated heterocycles. The monoisotopic (exact) mass is 361 g/mol. The molecule has 1 aliphatic heterocycles. The van der Waals surface area contributed by atoms with Gasteiger partial charge in [-0.3, -0.25) is 9.79 Å². The van der Waals surface area contributed by atoms with Crippen LogP contribution in [0.1, 0.15) is 13.8 Å². The van der Waals surface area contributed by atoms with Gasteiger partial charge in [0, 0.05) is 52.5 Å². The van der Waals surface area contributed by atoms with Gasteiger partial charge in [-0.2, -0.15) is 0 Å². The predicted molar refractivity (Wildman–Crippen MR) is 106 cm³/mol. The van der Waals surface area contributed by atoms with Crippen molar-refractivity contribution in [3.05, 3.63) is 24.3 Å². The van der Waals surface area contributed by atoms with Crippen LogP contribution < -0.4 is 20.3 Å². The summed E-state index contributed by atoms with van der Waals surface area (Å²) < 4.78 is 5.22. The molecule has 2 N–H and O–H groups in total. The topological polar surface area (TPSA) is 69.2 Å². The molecule has 0 unspecified atom stereocenters. The highest BCUT2D eigenvalue weighted by atomic mass is 16.5. The molecule has 7 nitrogen and oxygen atoms in total. The summed E-state index contributed by atoms with van der Waals surface area (Å²) in [6, 6.07) is 8.16. The van der Waals surface area contributed by atoms with Gasteiger partial charge < -0.3 is 25.2 Å². The summed E-state index contributed by atoms with van der Waals surface area (Å²) in [5.41, 5.74) is 0.712. The van der Waals surface area contributed by atoms with Crippen LogP contribution in [0.4, 0.5) is 5.69 Å². The number of methoxy groups -OCH3 is 1. The molecule has 0 radical (unpaired) electrons. The lowest BCUT2D eigenvalue weighted by Crippen LogP contribution is -2.54. The van der Waals surface area contributed by atoms with Crippen LogP contribution in [-0.2, 0) is 4.79 Å². The number of hydrogen-bond donors (Lipinski definition) is 2. The minimum atomic E-state index is -0.490. The molecular weight excluding hydrogens is 330 g/mol. The Kier molecular flexibility index (Phi) is 6.71. The van der Waals surface area contributed by atoms with Gasteiger partial charge in [0.15, 0.2) is 5.96 Å². The number of carbonyl (C=O) groups excluding carboxylic acids is 1. The first kappa shape index (κ1) is 19.9. The van der Waals surface area contributed by atoms with Gasteiger partial charge in [0.2, 0.25) is 5.91 Å². The molecule has 0 aliphatic carbocycles. The largest absolute Gasteiger partial charge is 0.497 e. The van der Waals surface area contributed by atoms with E-state index in [1.54, 1.807) is 21.2 Å². The number of benzene rings is 1. The van der Waals surface area contributed by atoms with Crippen molar-refractivity contribution >= 4 is 17.6 Å². The highest BCUT2D eigenvalue weighted by Gasteiger charge is 2.28. The fourth-order valence-electron chi connectivity index (χ4n) is 3.02. The van der Waals surface area contributed by atoms with E-state index >= 15 is 0 Å². The van der Waals surface area contributed by atoms with Gasteiger partial charge in [-0.25, -0.2) is 0 Å². The van der Waals surface area contributed by atoms with E-state index in [2.05, 4.69) is 37.6 Å².